The Morgan fingerprint density at radius 2 is 2.04 bits per heavy atom. The first-order valence-electron chi connectivity index (χ1n) is 7.88. The number of amides is 1. The van der Waals surface area contributed by atoms with Crippen LogP contribution in [0.25, 0.3) is 16.2 Å². The van der Waals surface area contributed by atoms with Crippen molar-refractivity contribution in [1.29, 1.82) is 0 Å². The molecule has 1 amide bonds. The van der Waals surface area contributed by atoms with Gasteiger partial charge in [-0.3, -0.25) is 14.0 Å². The maximum absolute atomic E-state index is 12.8. The summed E-state index contributed by atoms with van der Waals surface area (Å²) in [6.07, 6.45) is 2.17. The lowest BCUT2D eigenvalue weighted by atomic mass is 10.1. The van der Waals surface area contributed by atoms with E-state index in [1.165, 1.54) is 21.9 Å². The molecule has 0 aliphatic carbocycles. The second kappa shape index (κ2) is 6.57. The Bertz CT molecular complexity index is 941. The molecule has 2 aromatic heterocycles. The van der Waals surface area contributed by atoms with Crippen LogP contribution in [0.15, 0.2) is 40.6 Å². The van der Waals surface area contributed by atoms with Crippen LogP contribution in [-0.4, -0.2) is 21.3 Å². The molecule has 6 heteroatoms. The van der Waals surface area contributed by atoms with E-state index in [2.05, 4.69) is 10.3 Å². The number of hydrogen-bond donors (Lipinski definition) is 1. The lowest BCUT2D eigenvalue weighted by Gasteiger charge is -2.11. The molecule has 0 radical (unpaired) electrons. The van der Waals surface area contributed by atoms with E-state index in [-0.39, 0.29) is 23.1 Å². The number of nitrogens with one attached hydrogen (secondary N) is 1. The Morgan fingerprint density at radius 1 is 1.33 bits per heavy atom. The van der Waals surface area contributed by atoms with Crippen molar-refractivity contribution >= 4 is 22.2 Å². The molecule has 0 saturated heterocycles. The number of carbonyl (C=O) groups excluding carboxylic acids is 1. The predicted octanol–water partition coefficient (Wildman–Crippen LogP) is 3.26. The Kier molecular flexibility index (Phi) is 4.49. The Labute approximate surface area is 144 Å². The van der Waals surface area contributed by atoms with Crippen LogP contribution in [-0.2, 0) is 0 Å². The second-order valence-electron chi connectivity index (χ2n) is 5.86. The third-order valence-corrected chi connectivity index (χ3v) is 4.87. The molecule has 0 aliphatic heterocycles. The van der Waals surface area contributed by atoms with Gasteiger partial charge in [0.2, 0.25) is 0 Å². The van der Waals surface area contributed by atoms with Gasteiger partial charge in [0.05, 0.1) is 5.69 Å². The van der Waals surface area contributed by atoms with Crippen LogP contribution in [0.3, 0.4) is 0 Å². The van der Waals surface area contributed by atoms with E-state index in [1.807, 2.05) is 50.4 Å². The van der Waals surface area contributed by atoms with Crippen molar-refractivity contribution in [3.05, 3.63) is 57.3 Å². The fourth-order valence-corrected chi connectivity index (χ4v) is 3.24. The highest BCUT2D eigenvalue weighted by Gasteiger charge is 2.17. The van der Waals surface area contributed by atoms with Gasteiger partial charge in [-0.15, -0.1) is 11.3 Å². The molecule has 1 atom stereocenters. The molecular weight excluding hydrogens is 322 g/mol. The molecule has 0 fully saturated rings. The topological polar surface area (TPSA) is 63.5 Å². The van der Waals surface area contributed by atoms with Gasteiger partial charge < -0.3 is 5.32 Å². The molecule has 24 heavy (non-hydrogen) atoms. The molecule has 2 heterocycles. The largest absolute Gasteiger partial charge is 0.349 e. The van der Waals surface area contributed by atoms with Crippen molar-refractivity contribution in [2.24, 2.45) is 0 Å². The summed E-state index contributed by atoms with van der Waals surface area (Å²) in [4.78, 5) is 30.0. The molecule has 0 aliphatic rings. The molecule has 5 nitrogen and oxygen atoms in total. The zero-order valence-electron chi connectivity index (χ0n) is 13.9. The summed E-state index contributed by atoms with van der Waals surface area (Å²) in [5.41, 5.74) is 2.57. The van der Waals surface area contributed by atoms with E-state index in [4.69, 9.17) is 0 Å². The average molecular weight is 341 g/mol. The zero-order chi connectivity index (χ0) is 17.3. The normalized spacial score (nSPS) is 12.3. The number of thiazole rings is 1. The van der Waals surface area contributed by atoms with Crippen LogP contribution in [0.1, 0.15) is 36.2 Å². The van der Waals surface area contributed by atoms with E-state index in [0.717, 1.165) is 23.2 Å². The fraction of sp³-hybridized carbons (Fsp3) is 0.278. The molecule has 1 N–H and O–H groups in total. The van der Waals surface area contributed by atoms with E-state index >= 15 is 0 Å². The number of aromatic nitrogens is 2. The van der Waals surface area contributed by atoms with Crippen molar-refractivity contribution in [2.75, 3.05) is 0 Å². The monoisotopic (exact) mass is 341 g/mol. The molecule has 0 unspecified atom stereocenters. The van der Waals surface area contributed by atoms with E-state index < -0.39 is 0 Å². The number of hydrogen-bond acceptors (Lipinski definition) is 4. The molecule has 0 bridgehead atoms. The van der Waals surface area contributed by atoms with Gasteiger partial charge >= 0.3 is 0 Å². The number of carbonyl (C=O) groups is 1. The number of fused-ring (bicyclic) bond motifs is 1. The van der Waals surface area contributed by atoms with Gasteiger partial charge in [-0.2, -0.15) is 0 Å². The van der Waals surface area contributed by atoms with Crippen LogP contribution in [0, 0.1) is 6.92 Å². The van der Waals surface area contributed by atoms with Crippen molar-refractivity contribution in [1.82, 2.24) is 14.7 Å². The molecule has 3 rings (SSSR count). The van der Waals surface area contributed by atoms with Crippen molar-refractivity contribution < 1.29 is 4.79 Å². The average Bonchev–Trinajstić information content (AvgIpc) is 3.00. The van der Waals surface area contributed by atoms with Crippen molar-refractivity contribution in [3.63, 3.8) is 0 Å². The first kappa shape index (κ1) is 16.4. The Balaban J connectivity index is 2.11. The summed E-state index contributed by atoms with van der Waals surface area (Å²) in [7, 11) is 0. The first-order chi connectivity index (χ1) is 11.5. The van der Waals surface area contributed by atoms with E-state index in [9.17, 15) is 9.59 Å². The van der Waals surface area contributed by atoms with Gasteiger partial charge in [0.25, 0.3) is 11.5 Å². The minimum atomic E-state index is -0.377. The standard InChI is InChI=1S/C18H19N3O2S/c1-4-12(3)20-16(22)14-9-19-18-21(17(14)23)15(10-24-18)13-7-5-11(2)6-8-13/h5-10,12H,4H2,1-3H3,(H,20,22)/t12-/m1/s1. The first-order valence-corrected chi connectivity index (χ1v) is 8.76. The van der Waals surface area contributed by atoms with Gasteiger partial charge in [-0.1, -0.05) is 36.8 Å². The molecule has 124 valence electrons. The number of aryl methyl sites for hydroxylation is 1. The number of rotatable bonds is 4. The quantitative estimate of drug-likeness (QED) is 0.792. The van der Waals surface area contributed by atoms with Gasteiger partial charge in [-0.25, -0.2) is 4.98 Å². The summed E-state index contributed by atoms with van der Waals surface area (Å²) >= 11 is 1.39. The number of nitrogens with zero attached hydrogens (tertiary/aromatic N) is 2. The maximum Gasteiger partial charge on any atom is 0.271 e. The highest BCUT2D eigenvalue weighted by molar-refractivity contribution is 7.15. The highest BCUT2D eigenvalue weighted by atomic mass is 32.1. The summed E-state index contributed by atoms with van der Waals surface area (Å²) in [6.45, 7) is 5.90. The summed E-state index contributed by atoms with van der Waals surface area (Å²) in [5.74, 6) is -0.377. The Hall–Kier alpha value is -2.47. The molecule has 1 aromatic carbocycles. The summed E-state index contributed by atoms with van der Waals surface area (Å²) < 4.78 is 1.51. The lowest BCUT2D eigenvalue weighted by Crippen LogP contribution is -2.36. The van der Waals surface area contributed by atoms with Crippen LogP contribution in [0.2, 0.25) is 0 Å². The number of benzene rings is 1. The third-order valence-electron chi connectivity index (χ3n) is 4.03. The lowest BCUT2D eigenvalue weighted by molar-refractivity contribution is 0.0937. The van der Waals surface area contributed by atoms with E-state index in [1.54, 1.807) is 0 Å². The highest BCUT2D eigenvalue weighted by Crippen LogP contribution is 2.24. The summed E-state index contributed by atoms with van der Waals surface area (Å²) in [5, 5.41) is 4.71. The Morgan fingerprint density at radius 3 is 2.71 bits per heavy atom. The van der Waals surface area contributed by atoms with Crippen LogP contribution in [0.4, 0.5) is 0 Å². The summed E-state index contributed by atoms with van der Waals surface area (Å²) in [6, 6.07) is 7.94. The smallest absolute Gasteiger partial charge is 0.271 e. The molecule has 0 saturated carbocycles. The van der Waals surface area contributed by atoms with Gasteiger partial charge in [0, 0.05) is 17.6 Å². The minimum Gasteiger partial charge on any atom is -0.349 e. The van der Waals surface area contributed by atoms with Gasteiger partial charge in [0.1, 0.15) is 5.56 Å². The van der Waals surface area contributed by atoms with Crippen LogP contribution in [0.5, 0.6) is 0 Å². The van der Waals surface area contributed by atoms with Crippen LogP contribution < -0.4 is 10.9 Å². The van der Waals surface area contributed by atoms with Gasteiger partial charge in [0.15, 0.2) is 4.96 Å². The van der Waals surface area contributed by atoms with Gasteiger partial charge in [-0.05, 0) is 25.8 Å². The van der Waals surface area contributed by atoms with Crippen LogP contribution >= 0.6 is 11.3 Å². The minimum absolute atomic E-state index is 0.0108. The maximum atomic E-state index is 12.8. The third kappa shape index (κ3) is 2.97. The SMILES string of the molecule is CC[C@@H](C)NC(=O)c1cnc2scc(-c3ccc(C)cc3)n2c1=O. The van der Waals surface area contributed by atoms with E-state index in [0.29, 0.717) is 4.96 Å². The molecular formula is C18H19N3O2S. The van der Waals surface area contributed by atoms with Crippen molar-refractivity contribution in [3.8, 4) is 11.3 Å². The predicted molar refractivity (Wildman–Crippen MR) is 96.7 cm³/mol. The van der Waals surface area contributed by atoms with Crippen molar-refractivity contribution in [2.45, 2.75) is 33.2 Å². The zero-order valence-corrected chi connectivity index (χ0v) is 14.7. The second-order valence-corrected chi connectivity index (χ2v) is 6.70. The molecule has 3 aromatic rings. The fourth-order valence-electron chi connectivity index (χ4n) is 2.38. The molecule has 0 spiro atoms.